The number of fused-ring (bicyclic) bond motifs is 1. The topological polar surface area (TPSA) is 72.4 Å². The third-order valence-electron chi connectivity index (χ3n) is 2.69. The second-order valence-corrected chi connectivity index (χ2v) is 3.68. The van der Waals surface area contributed by atoms with Crippen molar-refractivity contribution in [1.29, 1.82) is 0 Å². The molecule has 0 aliphatic carbocycles. The van der Waals surface area contributed by atoms with E-state index in [4.69, 9.17) is 11.5 Å². The van der Waals surface area contributed by atoms with Gasteiger partial charge in [0.25, 0.3) is 0 Å². The van der Waals surface area contributed by atoms with Crippen molar-refractivity contribution in [3.05, 3.63) is 29.3 Å². The molecule has 2 rings (SSSR count). The van der Waals surface area contributed by atoms with Crippen LogP contribution in [0.5, 0.6) is 0 Å². The molecule has 0 bridgehead atoms. The van der Waals surface area contributed by atoms with E-state index in [1.165, 1.54) is 5.56 Å². The molecule has 0 unspecified atom stereocenters. The molecule has 1 aliphatic rings. The van der Waals surface area contributed by atoms with Crippen molar-refractivity contribution < 1.29 is 4.79 Å². The van der Waals surface area contributed by atoms with E-state index in [-0.39, 0.29) is 12.6 Å². The largest absolute Gasteiger partial charge is 0.330 e. The summed E-state index contributed by atoms with van der Waals surface area (Å²) in [7, 11) is 0. The zero-order chi connectivity index (χ0) is 10.8. The second kappa shape index (κ2) is 4.00. The lowest BCUT2D eigenvalue weighted by Gasteiger charge is -2.14. The molecule has 0 radical (unpaired) electrons. The number of hydrogen-bond donors (Lipinski definition) is 2. The highest BCUT2D eigenvalue weighted by molar-refractivity contribution is 6.01. The highest BCUT2D eigenvalue weighted by Crippen LogP contribution is 2.28. The summed E-state index contributed by atoms with van der Waals surface area (Å²) in [5.74, 6) is 0.0809. The molecule has 1 amide bonds. The Labute approximate surface area is 88.9 Å². The summed E-state index contributed by atoms with van der Waals surface area (Å²) in [6.07, 6.45) is 1.31. The van der Waals surface area contributed by atoms with E-state index in [9.17, 15) is 4.79 Å². The van der Waals surface area contributed by atoms with Gasteiger partial charge in [0.2, 0.25) is 5.91 Å². The maximum atomic E-state index is 11.6. The molecule has 0 atom stereocenters. The number of carbonyl (C=O) groups is 1. The number of amides is 1. The molecule has 0 aromatic heterocycles. The van der Waals surface area contributed by atoms with Gasteiger partial charge in [-0.25, -0.2) is 0 Å². The highest BCUT2D eigenvalue weighted by Gasteiger charge is 2.25. The molecule has 1 aromatic carbocycles. The van der Waals surface area contributed by atoms with Gasteiger partial charge in [-0.2, -0.15) is 0 Å². The van der Waals surface area contributed by atoms with E-state index in [0.29, 0.717) is 13.0 Å². The second-order valence-electron chi connectivity index (χ2n) is 3.68. The zero-order valence-corrected chi connectivity index (χ0v) is 8.57. The molecule has 4 N–H and O–H groups in total. The minimum absolute atomic E-state index is 0.0809. The van der Waals surface area contributed by atoms with Gasteiger partial charge in [0.05, 0.1) is 13.1 Å². The van der Waals surface area contributed by atoms with Crippen molar-refractivity contribution in [3.63, 3.8) is 0 Å². The predicted octanol–water partition coefficient (Wildman–Crippen LogP) is -0.00690. The molecule has 1 aromatic rings. The van der Waals surface area contributed by atoms with Crippen molar-refractivity contribution in [2.75, 3.05) is 18.1 Å². The first-order valence-electron chi connectivity index (χ1n) is 5.08. The molecule has 0 spiro atoms. The monoisotopic (exact) mass is 205 g/mol. The molecule has 1 aliphatic heterocycles. The number of nitrogens with two attached hydrogens (primary N) is 2. The molecule has 4 nitrogen and oxygen atoms in total. The Kier molecular flexibility index (Phi) is 2.70. The number of hydrogen-bond acceptors (Lipinski definition) is 3. The van der Waals surface area contributed by atoms with Crippen LogP contribution in [0.3, 0.4) is 0 Å². The van der Waals surface area contributed by atoms with E-state index in [1.54, 1.807) is 4.90 Å². The fraction of sp³-hybridized carbons (Fsp3) is 0.364. The summed E-state index contributed by atoms with van der Waals surface area (Å²) in [4.78, 5) is 13.2. The first-order valence-corrected chi connectivity index (χ1v) is 5.08. The average molecular weight is 205 g/mol. The first kappa shape index (κ1) is 10.1. The third-order valence-corrected chi connectivity index (χ3v) is 2.69. The van der Waals surface area contributed by atoms with Crippen LogP contribution in [0, 0.1) is 0 Å². The Balaban J connectivity index is 2.33. The zero-order valence-electron chi connectivity index (χ0n) is 8.57. The van der Waals surface area contributed by atoms with Gasteiger partial charge in [-0.1, -0.05) is 12.1 Å². The highest BCUT2D eigenvalue weighted by atomic mass is 16.2. The SMILES string of the molecule is NCCc1ccc2c(c1)CC(=O)N2CN. The van der Waals surface area contributed by atoms with E-state index in [0.717, 1.165) is 17.7 Å². The van der Waals surface area contributed by atoms with Crippen LogP contribution in [0.4, 0.5) is 5.69 Å². The number of carbonyl (C=O) groups excluding carboxylic acids is 1. The maximum absolute atomic E-state index is 11.6. The smallest absolute Gasteiger partial charge is 0.232 e. The standard InChI is InChI=1S/C11H15N3O/c12-4-3-8-1-2-10-9(5-8)6-11(15)14(10)7-13/h1-2,5H,3-4,6-7,12-13H2. The lowest BCUT2D eigenvalue weighted by atomic mass is 10.1. The van der Waals surface area contributed by atoms with Crippen LogP contribution >= 0.6 is 0 Å². The molecule has 4 heteroatoms. The van der Waals surface area contributed by atoms with Crippen molar-refractivity contribution in [1.82, 2.24) is 0 Å². The van der Waals surface area contributed by atoms with Crippen LogP contribution in [0.2, 0.25) is 0 Å². The van der Waals surface area contributed by atoms with E-state index in [1.807, 2.05) is 12.1 Å². The number of anilines is 1. The van der Waals surface area contributed by atoms with E-state index in [2.05, 4.69) is 6.07 Å². The van der Waals surface area contributed by atoms with Gasteiger partial charge in [-0.3, -0.25) is 9.69 Å². The maximum Gasteiger partial charge on any atom is 0.232 e. The summed E-state index contributed by atoms with van der Waals surface area (Å²) in [5.41, 5.74) is 14.2. The summed E-state index contributed by atoms with van der Waals surface area (Å²) in [6.45, 7) is 0.884. The van der Waals surface area contributed by atoms with Gasteiger partial charge in [0, 0.05) is 5.69 Å². The normalized spacial score (nSPS) is 14.5. The molecule has 0 fully saturated rings. The van der Waals surface area contributed by atoms with Crippen molar-refractivity contribution >= 4 is 11.6 Å². The molecular weight excluding hydrogens is 190 g/mol. The van der Waals surface area contributed by atoms with Gasteiger partial charge in [0.15, 0.2) is 0 Å². The van der Waals surface area contributed by atoms with Crippen LogP contribution in [0.25, 0.3) is 0 Å². The Bertz CT molecular complexity index is 389. The van der Waals surface area contributed by atoms with Gasteiger partial charge in [-0.15, -0.1) is 0 Å². The molecule has 15 heavy (non-hydrogen) atoms. The van der Waals surface area contributed by atoms with Gasteiger partial charge in [-0.05, 0) is 30.2 Å². The van der Waals surface area contributed by atoms with Crippen LogP contribution in [0.1, 0.15) is 11.1 Å². The minimum Gasteiger partial charge on any atom is -0.330 e. The molecular formula is C11H15N3O. The fourth-order valence-corrected chi connectivity index (χ4v) is 1.96. The van der Waals surface area contributed by atoms with Gasteiger partial charge in [0.1, 0.15) is 0 Å². The van der Waals surface area contributed by atoms with E-state index >= 15 is 0 Å². The summed E-state index contributed by atoms with van der Waals surface area (Å²) >= 11 is 0. The Hall–Kier alpha value is -1.39. The minimum atomic E-state index is 0.0809. The third kappa shape index (κ3) is 1.73. The lowest BCUT2D eigenvalue weighted by Crippen LogP contribution is -2.32. The van der Waals surface area contributed by atoms with Crippen LogP contribution in [-0.4, -0.2) is 19.1 Å². The summed E-state index contributed by atoms with van der Waals surface area (Å²) in [6, 6.07) is 6.01. The van der Waals surface area contributed by atoms with Crippen LogP contribution in [-0.2, 0) is 17.6 Å². The summed E-state index contributed by atoms with van der Waals surface area (Å²) in [5, 5.41) is 0. The predicted molar refractivity (Wildman–Crippen MR) is 59.4 cm³/mol. The van der Waals surface area contributed by atoms with Crippen molar-refractivity contribution in [2.24, 2.45) is 11.5 Å². The Morgan fingerprint density at radius 1 is 1.33 bits per heavy atom. The summed E-state index contributed by atoms with van der Waals surface area (Å²) < 4.78 is 0. The Morgan fingerprint density at radius 3 is 2.80 bits per heavy atom. The fourth-order valence-electron chi connectivity index (χ4n) is 1.96. The molecule has 1 heterocycles. The molecule has 0 saturated carbocycles. The quantitative estimate of drug-likeness (QED) is 0.729. The van der Waals surface area contributed by atoms with Crippen molar-refractivity contribution in [2.45, 2.75) is 12.8 Å². The van der Waals surface area contributed by atoms with Crippen LogP contribution < -0.4 is 16.4 Å². The Morgan fingerprint density at radius 2 is 2.13 bits per heavy atom. The van der Waals surface area contributed by atoms with Gasteiger partial charge < -0.3 is 11.5 Å². The lowest BCUT2D eigenvalue weighted by molar-refractivity contribution is -0.117. The van der Waals surface area contributed by atoms with Gasteiger partial charge >= 0.3 is 0 Å². The number of nitrogens with zero attached hydrogens (tertiary/aromatic N) is 1. The molecule has 80 valence electrons. The first-order chi connectivity index (χ1) is 7.26. The number of rotatable bonds is 3. The molecule has 0 saturated heterocycles. The van der Waals surface area contributed by atoms with Crippen molar-refractivity contribution in [3.8, 4) is 0 Å². The van der Waals surface area contributed by atoms with E-state index < -0.39 is 0 Å². The number of benzene rings is 1. The van der Waals surface area contributed by atoms with Crippen LogP contribution in [0.15, 0.2) is 18.2 Å². The average Bonchev–Trinajstić information content (AvgIpc) is 2.53.